The Kier molecular flexibility index (Phi) is 36.1. The summed E-state index contributed by atoms with van der Waals surface area (Å²) in [4.78, 5) is 147. The molecule has 0 fully saturated rings. The molecule has 10 atom stereocenters. The molecule has 0 unspecified atom stereocenters. The van der Waals surface area contributed by atoms with E-state index in [9.17, 15) is 78.0 Å². The zero-order chi connectivity index (χ0) is 60.5. The number of hydrogen-bond donors (Lipinski definition) is 16. The van der Waals surface area contributed by atoms with Crippen LogP contribution < -0.4 is 44.2 Å². The third kappa shape index (κ3) is 28.3. The zero-order valence-electron chi connectivity index (χ0n) is 43.7. The number of fused-ring (bicyclic) bond motifs is 12. The van der Waals surface area contributed by atoms with Gasteiger partial charge < -0.3 is 74.8 Å². The number of hydrogen-bond acceptors (Lipinski definition) is 26. The fourth-order valence-corrected chi connectivity index (χ4v) is 9.39. The van der Waals surface area contributed by atoms with Gasteiger partial charge in [-0.25, -0.2) is 9.59 Å². The first-order valence-electron chi connectivity index (χ1n) is 25.3. The summed E-state index contributed by atoms with van der Waals surface area (Å²) in [6.07, 6.45) is -0.182. The van der Waals surface area contributed by atoms with E-state index in [0.717, 1.165) is 23.5 Å². The maximum Gasteiger partial charge on any atom is 0.326 e. The van der Waals surface area contributed by atoms with Crippen LogP contribution in [-0.2, 0) is 57.5 Å². The number of nitrogens with one attached hydrogen (secondary N) is 4. The minimum Gasteiger partial charge on any atom is -0.481 e. The molecule has 34 heteroatoms. The van der Waals surface area contributed by atoms with Gasteiger partial charge >= 0.3 is 23.9 Å². The summed E-state index contributed by atoms with van der Waals surface area (Å²) in [6.45, 7) is -0.858. The van der Waals surface area contributed by atoms with E-state index >= 15 is 0 Å². The van der Waals surface area contributed by atoms with Crippen LogP contribution in [0.5, 0.6) is 0 Å². The van der Waals surface area contributed by atoms with E-state index in [2.05, 4.69) is 66.9 Å². The summed E-state index contributed by atoms with van der Waals surface area (Å²) in [6, 6.07) is -7.43. The van der Waals surface area contributed by atoms with Gasteiger partial charge in [0, 0.05) is 61.5 Å². The number of rotatable bonds is 35. The lowest BCUT2D eigenvalue weighted by molar-refractivity contribution is -0.143. The number of thioether (sulfide) groups is 2. The van der Waals surface area contributed by atoms with E-state index in [4.69, 9.17) is 33.1 Å². The van der Waals surface area contributed by atoms with Gasteiger partial charge in [-0.05, 0) is 64.5 Å². The Bertz CT molecular complexity index is 2240. The second kappa shape index (κ2) is 39.9. The van der Waals surface area contributed by atoms with Crippen LogP contribution in [0.1, 0.15) is 89.9 Å². The van der Waals surface area contributed by atoms with Crippen molar-refractivity contribution in [2.45, 2.75) is 136 Å². The topological polar surface area (TPSA) is 530 Å². The second-order valence-electron chi connectivity index (χ2n) is 18.4. The molecule has 2 bridgehead atoms. The van der Waals surface area contributed by atoms with Crippen molar-refractivity contribution in [1.29, 1.82) is 0 Å². The lowest BCUT2D eigenvalue weighted by Crippen LogP contribution is -2.49. The Labute approximate surface area is 479 Å². The van der Waals surface area contributed by atoms with Crippen molar-refractivity contribution in [2.24, 2.45) is 46.6 Å². The van der Waals surface area contributed by atoms with Gasteiger partial charge in [-0.3, -0.25) is 47.9 Å². The van der Waals surface area contributed by atoms with Gasteiger partial charge in [0.1, 0.15) is 35.7 Å². The second-order valence-corrected chi connectivity index (χ2v) is 21.1. The normalized spacial score (nSPS) is 18.3. The molecule has 3 heterocycles. The molecule has 0 spiro atoms. The monoisotopic (exact) mass is 1210 g/mol. The summed E-state index contributed by atoms with van der Waals surface area (Å²) >= 11 is 10.0. The van der Waals surface area contributed by atoms with E-state index in [1.807, 2.05) is 0 Å². The summed E-state index contributed by atoms with van der Waals surface area (Å²) in [5.41, 5.74) is 22.4. The molecule has 0 aliphatic carbocycles. The number of aromatic nitrogens is 4. The summed E-state index contributed by atoms with van der Waals surface area (Å²) in [5.74, 6) is -14.7. The van der Waals surface area contributed by atoms with Crippen LogP contribution in [-0.4, -0.2) is 207 Å². The minimum absolute atomic E-state index is 0.0584. The van der Waals surface area contributed by atoms with Gasteiger partial charge in [-0.1, -0.05) is 23.5 Å². The van der Waals surface area contributed by atoms with Crippen molar-refractivity contribution in [3.8, 4) is 0 Å². The zero-order valence-corrected chi connectivity index (χ0v) is 47.1. The molecule has 4 amide bonds. The van der Waals surface area contributed by atoms with Crippen LogP contribution in [0.3, 0.4) is 0 Å². The van der Waals surface area contributed by atoms with Gasteiger partial charge in [0.05, 0.1) is 49.0 Å². The van der Waals surface area contributed by atoms with E-state index < -0.39 is 163 Å². The van der Waals surface area contributed by atoms with Gasteiger partial charge in [-0.15, -0.1) is 20.4 Å². The quantitative estimate of drug-likeness (QED) is 0.0230. The molecule has 30 nitrogen and oxygen atoms in total. The van der Waals surface area contributed by atoms with E-state index in [1.165, 1.54) is 0 Å². The van der Waals surface area contributed by atoms with Crippen molar-refractivity contribution in [2.75, 3.05) is 49.3 Å². The standard InChI is InChI=1S/C24H36N8O9S2.C22H38N4O9S2/c25-6-2-1-3-15(22(40)41)27-20(38)13-8-18(35)16(9-33)28-21(39)12(7-17(34)14(26)4-5-19(36)37)10-42-23-29-31-24(32-30-23)43-11-13;23-6-2-1-3-15(22(34)35)25-20(32)13(11-37)8-18(29)16(9-27)26-21(33)12(10-36)7-17(28)14(24)4-5-19(30)31/h12-16,33H,1-11,25-26H2,(H,27,38)(H,28,39)(H,36,37)(H,40,41);12-16,27,36-37H,1-11,23-24H2,(H,25,32)(H,26,33)(H,30,31)(H,34,35)/t2*12-,13-,14-,15-,16-/m00/s1. The first kappa shape index (κ1) is 72.6. The molecule has 80 heavy (non-hydrogen) atoms. The van der Waals surface area contributed by atoms with Crippen LogP contribution >= 0.6 is 48.8 Å². The number of amides is 4. The molecule has 0 saturated heterocycles. The highest BCUT2D eigenvalue weighted by Crippen LogP contribution is 2.24. The average Bonchev–Trinajstić information content (AvgIpc) is 3.42. The first-order valence-corrected chi connectivity index (χ1v) is 28.5. The molecule has 2 aliphatic heterocycles. The van der Waals surface area contributed by atoms with Gasteiger partial charge in [0.2, 0.25) is 33.9 Å². The Morgan fingerprint density at radius 1 is 0.625 bits per heavy atom. The number of nitrogens with zero attached hydrogens (tertiary/aromatic N) is 4. The number of ketones is 4. The molecular weight excluding hydrogens is 1140 g/mol. The largest absolute Gasteiger partial charge is 0.481 e. The first-order chi connectivity index (χ1) is 37.8. The summed E-state index contributed by atoms with van der Waals surface area (Å²) in [5, 5.41) is 81.5. The van der Waals surface area contributed by atoms with Crippen LogP contribution in [0.25, 0.3) is 0 Å². The number of carbonyl (C=O) groups excluding carboxylic acids is 8. The Morgan fingerprint density at radius 2 is 1.07 bits per heavy atom. The van der Waals surface area contributed by atoms with Crippen molar-refractivity contribution in [1.82, 2.24) is 41.7 Å². The van der Waals surface area contributed by atoms with E-state index in [1.54, 1.807) is 0 Å². The predicted octanol–water partition coefficient (Wildman–Crippen LogP) is -3.65. The summed E-state index contributed by atoms with van der Waals surface area (Å²) < 4.78 is 0. The number of carbonyl (C=O) groups is 12. The molecule has 0 radical (unpaired) electrons. The van der Waals surface area contributed by atoms with Crippen LogP contribution in [0.4, 0.5) is 0 Å². The van der Waals surface area contributed by atoms with Gasteiger partial charge in [0.15, 0.2) is 11.6 Å². The van der Waals surface area contributed by atoms with E-state index in [-0.39, 0.29) is 78.3 Å². The number of carboxylic acids is 4. The number of aliphatic hydroxyl groups excluding tert-OH is 2. The number of Topliss-reactive ketones (excluding diaryl/α,β-unsaturated/α-hetero) is 4. The number of nitrogens with two attached hydrogens (primary N) is 4. The number of aliphatic carboxylic acids is 4. The highest BCUT2D eigenvalue weighted by atomic mass is 32.2. The molecule has 0 aromatic carbocycles. The minimum atomic E-state index is -1.43. The Morgan fingerprint density at radius 3 is 1.51 bits per heavy atom. The van der Waals surface area contributed by atoms with Crippen LogP contribution in [0.2, 0.25) is 0 Å². The predicted molar refractivity (Wildman–Crippen MR) is 292 cm³/mol. The number of carboxylic acid groups (broad SMARTS) is 4. The fraction of sp³-hybridized carbons (Fsp3) is 0.696. The SMILES string of the molecule is NCCCC[C@H](NC(=O)[C@@H]1CSc2nnc(nn2)SC[C@H](CC(=O)[C@@H](N)CCC(=O)O)C(=O)N[C@@H](CO)C(=O)C1)C(=O)O.NCCCC[C@H](NC(=O)[C@H](CS)CC(=O)[C@H](CO)NC(=O)[C@H](CS)CC(=O)[C@@H](N)CCC(=O)O)C(=O)O. The number of thiol groups is 2. The summed E-state index contributed by atoms with van der Waals surface area (Å²) in [7, 11) is 0. The highest BCUT2D eigenvalue weighted by molar-refractivity contribution is 7.99. The molecule has 0 saturated carbocycles. The molecule has 1 aromatic heterocycles. The maximum absolute atomic E-state index is 13.2. The molecule has 2 aliphatic rings. The maximum atomic E-state index is 13.2. The van der Waals surface area contributed by atoms with Gasteiger partial charge in [0.25, 0.3) is 0 Å². The smallest absolute Gasteiger partial charge is 0.326 e. The van der Waals surface area contributed by atoms with Crippen molar-refractivity contribution >= 4 is 119 Å². The Hall–Kier alpha value is -5.46. The Balaban J connectivity index is 0.000000811. The van der Waals surface area contributed by atoms with Crippen molar-refractivity contribution < 1.29 is 88.2 Å². The highest BCUT2D eigenvalue weighted by Gasteiger charge is 2.35. The number of aliphatic hydroxyl groups is 2. The van der Waals surface area contributed by atoms with Crippen LogP contribution in [0, 0.1) is 23.7 Å². The third-order valence-corrected chi connectivity index (χ3v) is 14.9. The van der Waals surface area contributed by atoms with Crippen molar-refractivity contribution in [3.05, 3.63) is 0 Å². The lowest BCUT2D eigenvalue weighted by atomic mass is 9.95. The lowest BCUT2D eigenvalue weighted by Gasteiger charge is -2.23. The third-order valence-electron chi connectivity index (χ3n) is 12.0. The molecule has 18 N–H and O–H groups in total. The van der Waals surface area contributed by atoms with Crippen molar-refractivity contribution in [3.63, 3.8) is 0 Å². The fourth-order valence-electron chi connectivity index (χ4n) is 7.16. The average molecular weight is 1210 g/mol. The van der Waals surface area contributed by atoms with Gasteiger partial charge in [-0.2, -0.15) is 25.3 Å². The molecule has 1 aromatic rings. The van der Waals surface area contributed by atoms with Crippen LogP contribution in [0.15, 0.2) is 10.3 Å². The molecule has 3 rings (SSSR count). The molecular formula is C46H74N12O18S4. The van der Waals surface area contributed by atoms with E-state index in [0.29, 0.717) is 38.8 Å². The molecule has 450 valence electrons. The number of unbranched alkanes of at least 4 members (excludes halogenated alkanes) is 2.